The number of nitrogens with two attached hydrogens (primary N) is 1. The number of aromatic nitrogens is 2. The molecule has 82 valence electrons. The number of carbonyl (C=O) groups is 1. The monoisotopic (exact) mass is 215 g/mol. The van der Waals surface area contributed by atoms with E-state index in [1.807, 2.05) is 26.0 Å². The van der Waals surface area contributed by atoms with Gasteiger partial charge in [-0.1, -0.05) is 17.2 Å². The minimum atomic E-state index is -0.470. The van der Waals surface area contributed by atoms with Crippen LogP contribution in [0.4, 0.5) is 0 Å². The Morgan fingerprint density at radius 2 is 1.88 bits per heavy atom. The molecule has 4 heteroatoms. The molecule has 1 amide bonds. The second-order valence-corrected chi connectivity index (χ2v) is 3.90. The van der Waals surface area contributed by atoms with Gasteiger partial charge in [0.2, 0.25) is 0 Å². The molecule has 0 aliphatic rings. The Balaban J connectivity index is 2.58. The number of carbonyl (C=O) groups excluding carboxylic acids is 1. The second kappa shape index (κ2) is 3.81. The summed E-state index contributed by atoms with van der Waals surface area (Å²) in [6.07, 6.45) is 1.45. The van der Waals surface area contributed by atoms with Gasteiger partial charge in [-0.3, -0.25) is 9.89 Å². The molecule has 0 saturated carbocycles. The molecular formula is C12H13N3O. The predicted molar refractivity (Wildman–Crippen MR) is 62.0 cm³/mol. The van der Waals surface area contributed by atoms with Crippen molar-refractivity contribution < 1.29 is 4.79 Å². The molecule has 3 N–H and O–H groups in total. The summed E-state index contributed by atoms with van der Waals surface area (Å²) in [6.45, 7) is 4.02. The van der Waals surface area contributed by atoms with Crippen LogP contribution in [0.25, 0.3) is 11.3 Å². The first-order valence-corrected chi connectivity index (χ1v) is 5.00. The van der Waals surface area contributed by atoms with Crippen LogP contribution in [0.2, 0.25) is 0 Å². The summed E-state index contributed by atoms with van der Waals surface area (Å²) in [6, 6.07) is 6.06. The van der Waals surface area contributed by atoms with Crippen LogP contribution in [0.1, 0.15) is 21.5 Å². The third-order valence-corrected chi connectivity index (χ3v) is 2.42. The minimum Gasteiger partial charge on any atom is -0.365 e. The number of hydrogen-bond acceptors (Lipinski definition) is 2. The third-order valence-electron chi connectivity index (χ3n) is 2.42. The van der Waals surface area contributed by atoms with Crippen LogP contribution < -0.4 is 5.73 Å². The smallest absolute Gasteiger partial charge is 0.252 e. The molecule has 0 aliphatic carbocycles. The lowest BCUT2D eigenvalue weighted by Gasteiger charge is -2.04. The van der Waals surface area contributed by atoms with Crippen LogP contribution in [0, 0.1) is 13.8 Å². The molecule has 0 fully saturated rings. The molecule has 0 bridgehead atoms. The fourth-order valence-electron chi connectivity index (χ4n) is 1.81. The van der Waals surface area contributed by atoms with Crippen molar-refractivity contribution in [2.45, 2.75) is 13.8 Å². The Morgan fingerprint density at radius 3 is 2.44 bits per heavy atom. The molecule has 0 atom stereocenters. The number of benzene rings is 1. The van der Waals surface area contributed by atoms with E-state index in [4.69, 9.17) is 5.73 Å². The van der Waals surface area contributed by atoms with Crippen LogP contribution >= 0.6 is 0 Å². The molecule has 0 spiro atoms. The van der Waals surface area contributed by atoms with Crippen molar-refractivity contribution in [2.24, 2.45) is 5.73 Å². The molecule has 2 aromatic rings. The summed E-state index contributed by atoms with van der Waals surface area (Å²) < 4.78 is 0. The summed E-state index contributed by atoms with van der Waals surface area (Å²) in [5.74, 6) is -0.470. The first-order chi connectivity index (χ1) is 7.58. The van der Waals surface area contributed by atoms with Gasteiger partial charge in [0.15, 0.2) is 0 Å². The predicted octanol–water partition coefficient (Wildman–Crippen LogP) is 1.79. The summed E-state index contributed by atoms with van der Waals surface area (Å²) in [4.78, 5) is 11.2. The van der Waals surface area contributed by atoms with Crippen LogP contribution in [-0.2, 0) is 0 Å². The van der Waals surface area contributed by atoms with E-state index < -0.39 is 5.91 Å². The maximum absolute atomic E-state index is 11.2. The van der Waals surface area contributed by atoms with Gasteiger partial charge in [0, 0.05) is 5.56 Å². The summed E-state index contributed by atoms with van der Waals surface area (Å²) in [5.41, 5.74) is 9.59. The van der Waals surface area contributed by atoms with Crippen molar-refractivity contribution in [1.82, 2.24) is 10.2 Å². The number of hydrogen-bond donors (Lipinski definition) is 2. The SMILES string of the molecule is Cc1cc(C)cc(-c2[nH]ncc2C(N)=O)c1. The number of aromatic amines is 1. The van der Waals surface area contributed by atoms with Crippen molar-refractivity contribution in [3.63, 3.8) is 0 Å². The van der Waals surface area contributed by atoms with Crippen LogP contribution in [0.5, 0.6) is 0 Å². The highest BCUT2D eigenvalue weighted by atomic mass is 16.1. The lowest BCUT2D eigenvalue weighted by atomic mass is 10.0. The highest BCUT2D eigenvalue weighted by Gasteiger charge is 2.12. The first-order valence-electron chi connectivity index (χ1n) is 5.00. The fraction of sp³-hybridized carbons (Fsp3) is 0.167. The fourth-order valence-corrected chi connectivity index (χ4v) is 1.81. The quantitative estimate of drug-likeness (QED) is 0.801. The number of nitrogens with one attached hydrogen (secondary N) is 1. The van der Waals surface area contributed by atoms with Gasteiger partial charge in [0.1, 0.15) is 0 Å². The molecule has 0 aliphatic heterocycles. The Hall–Kier alpha value is -2.10. The molecular weight excluding hydrogens is 202 g/mol. The van der Waals surface area contributed by atoms with Gasteiger partial charge in [-0.25, -0.2) is 0 Å². The van der Waals surface area contributed by atoms with Gasteiger partial charge in [-0.15, -0.1) is 0 Å². The van der Waals surface area contributed by atoms with Crippen molar-refractivity contribution in [1.29, 1.82) is 0 Å². The Morgan fingerprint density at radius 1 is 1.25 bits per heavy atom. The molecule has 1 aromatic heterocycles. The third kappa shape index (κ3) is 1.82. The molecule has 2 rings (SSSR count). The van der Waals surface area contributed by atoms with E-state index >= 15 is 0 Å². The van der Waals surface area contributed by atoms with E-state index in [-0.39, 0.29) is 0 Å². The molecule has 1 aromatic carbocycles. The van der Waals surface area contributed by atoms with E-state index in [2.05, 4.69) is 16.3 Å². The van der Waals surface area contributed by atoms with Crippen LogP contribution in [-0.4, -0.2) is 16.1 Å². The number of amides is 1. The van der Waals surface area contributed by atoms with E-state index in [0.29, 0.717) is 11.3 Å². The van der Waals surface area contributed by atoms with Gasteiger partial charge < -0.3 is 5.73 Å². The van der Waals surface area contributed by atoms with Gasteiger partial charge in [-0.2, -0.15) is 5.10 Å². The first kappa shape index (κ1) is 10.4. The Bertz CT molecular complexity index is 523. The minimum absolute atomic E-state index is 0.421. The maximum Gasteiger partial charge on any atom is 0.252 e. The van der Waals surface area contributed by atoms with Crippen molar-refractivity contribution in [3.8, 4) is 11.3 Å². The molecule has 1 heterocycles. The molecule has 4 nitrogen and oxygen atoms in total. The highest BCUT2D eigenvalue weighted by Crippen LogP contribution is 2.23. The maximum atomic E-state index is 11.2. The normalized spacial score (nSPS) is 10.4. The van der Waals surface area contributed by atoms with Gasteiger partial charge in [0.25, 0.3) is 5.91 Å². The Kier molecular flexibility index (Phi) is 2.48. The number of primary amides is 1. The van der Waals surface area contributed by atoms with E-state index in [0.717, 1.165) is 16.7 Å². The van der Waals surface area contributed by atoms with Crippen molar-refractivity contribution in [2.75, 3.05) is 0 Å². The number of rotatable bonds is 2. The number of aryl methyl sites for hydroxylation is 2. The molecule has 0 unspecified atom stereocenters. The van der Waals surface area contributed by atoms with E-state index in [1.165, 1.54) is 6.20 Å². The van der Waals surface area contributed by atoms with Gasteiger partial charge >= 0.3 is 0 Å². The summed E-state index contributed by atoms with van der Waals surface area (Å²) in [7, 11) is 0. The number of nitrogens with zero attached hydrogens (tertiary/aromatic N) is 1. The molecule has 16 heavy (non-hydrogen) atoms. The average Bonchev–Trinajstić information content (AvgIpc) is 2.63. The zero-order valence-corrected chi connectivity index (χ0v) is 9.24. The largest absolute Gasteiger partial charge is 0.365 e. The van der Waals surface area contributed by atoms with Crippen molar-refractivity contribution in [3.05, 3.63) is 41.1 Å². The summed E-state index contributed by atoms with van der Waals surface area (Å²) in [5, 5.41) is 6.66. The van der Waals surface area contributed by atoms with E-state index in [9.17, 15) is 4.79 Å². The second-order valence-electron chi connectivity index (χ2n) is 3.90. The highest BCUT2D eigenvalue weighted by molar-refractivity contribution is 5.98. The molecule has 0 saturated heterocycles. The zero-order valence-electron chi connectivity index (χ0n) is 9.24. The topological polar surface area (TPSA) is 71.8 Å². The lowest BCUT2D eigenvalue weighted by molar-refractivity contribution is 0.100. The Labute approximate surface area is 93.5 Å². The summed E-state index contributed by atoms with van der Waals surface area (Å²) >= 11 is 0. The lowest BCUT2D eigenvalue weighted by Crippen LogP contribution is -2.11. The average molecular weight is 215 g/mol. The van der Waals surface area contributed by atoms with Crippen LogP contribution in [0.15, 0.2) is 24.4 Å². The standard InChI is InChI=1S/C12H13N3O/c1-7-3-8(2)5-9(4-7)11-10(12(13)16)6-14-15-11/h3-6H,1-2H3,(H2,13,16)(H,14,15). The number of H-pyrrole nitrogens is 1. The van der Waals surface area contributed by atoms with Crippen LogP contribution in [0.3, 0.4) is 0 Å². The van der Waals surface area contributed by atoms with Gasteiger partial charge in [0.05, 0.1) is 17.5 Å². The molecule has 0 radical (unpaired) electrons. The van der Waals surface area contributed by atoms with E-state index in [1.54, 1.807) is 0 Å². The van der Waals surface area contributed by atoms with Gasteiger partial charge in [-0.05, 0) is 26.0 Å². The van der Waals surface area contributed by atoms with Crippen molar-refractivity contribution >= 4 is 5.91 Å². The zero-order chi connectivity index (χ0) is 11.7.